The molecular weight excluding hydrogens is 288 g/mol. The van der Waals surface area contributed by atoms with E-state index >= 15 is 0 Å². The van der Waals surface area contributed by atoms with Crippen LogP contribution in [0.2, 0.25) is 0 Å². The molecule has 0 aliphatic rings. The van der Waals surface area contributed by atoms with Gasteiger partial charge in [0.15, 0.2) is 0 Å². The molecule has 0 aromatic carbocycles. The fraction of sp³-hybridized carbons (Fsp3) is 0. The number of hydrogen-bond acceptors (Lipinski definition) is 0. The first-order chi connectivity index (χ1) is 2.81. The Labute approximate surface area is 50.1 Å². The third-order valence-corrected chi connectivity index (χ3v) is 7.08. The average molecular weight is 294 g/mol. The Hall–Kier alpha value is 0.692. The van der Waals surface area contributed by atoms with Crippen molar-refractivity contribution in [2.24, 2.45) is 0 Å². The Kier molecular flexibility index (Phi) is 4.31. The van der Waals surface area contributed by atoms with E-state index in [9.17, 15) is 0 Å². The third kappa shape index (κ3) is 2.91. The Morgan fingerprint density at radius 3 is 1.67 bits per heavy atom. The molecular formula is C4H6ClTl. The fourth-order valence-corrected chi connectivity index (χ4v) is 0.844. The molecule has 2 heteroatoms. The zero-order valence-electron chi connectivity index (χ0n) is 3.52. The van der Waals surface area contributed by atoms with E-state index in [2.05, 4.69) is 13.2 Å². The quantitative estimate of drug-likeness (QED) is 0.680. The van der Waals surface area contributed by atoms with Crippen LogP contribution in [-0.4, -0.2) is 21.5 Å². The van der Waals surface area contributed by atoms with Crippen molar-refractivity contribution in [3.8, 4) is 0 Å². The van der Waals surface area contributed by atoms with Crippen molar-refractivity contribution in [2.75, 3.05) is 0 Å². The van der Waals surface area contributed by atoms with Crippen molar-refractivity contribution in [3.63, 3.8) is 0 Å². The second kappa shape index (κ2) is 3.87. The standard InChI is InChI=1S/2C2H3.ClH.Tl/c2*1-2;;/h2*1H,2H2;1H;/q;;;+1/p-1. The first-order valence-electron chi connectivity index (χ1n) is 1.70. The molecule has 0 nitrogen and oxygen atoms in total. The summed E-state index contributed by atoms with van der Waals surface area (Å²) in [5, 5.41) is 0. The van der Waals surface area contributed by atoms with Gasteiger partial charge in [0, 0.05) is 0 Å². The predicted octanol–water partition coefficient (Wildman–Crippen LogP) is 1.67. The average Bonchev–Trinajstić information content (AvgIpc) is 1.65. The van der Waals surface area contributed by atoms with Gasteiger partial charge in [-0.3, -0.25) is 0 Å². The van der Waals surface area contributed by atoms with Gasteiger partial charge in [-0.1, -0.05) is 0 Å². The molecule has 0 fully saturated rings. The van der Waals surface area contributed by atoms with Crippen molar-refractivity contribution in [1.82, 2.24) is 0 Å². The molecule has 0 aromatic rings. The molecule has 0 radical (unpaired) electrons. The predicted molar refractivity (Wildman–Crippen MR) is 32.0 cm³/mol. The van der Waals surface area contributed by atoms with Crippen LogP contribution in [0.15, 0.2) is 20.4 Å². The molecule has 0 saturated heterocycles. The molecule has 0 heterocycles. The summed E-state index contributed by atoms with van der Waals surface area (Å²) in [6.07, 6.45) is 0. The van der Waals surface area contributed by atoms with E-state index in [4.69, 9.17) is 8.32 Å². The molecule has 0 saturated carbocycles. The van der Waals surface area contributed by atoms with Crippen LogP contribution in [0.25, 0.3) is 0 Å². The fourth-order valence-electron chi connectivity index (χ4n) is 0.0962. The van der Waals surface area contributed by atoms with Gasteiger partial charge in [0.2, 0.25) is 0 Å². The monoisotopic (exact) mass is 294 g/mol. The summed E-state index contributed by atoms with van der Waals surface area (Å²) in [6.45, 7) is 7.05. The topological polar surface area (TPSA) is 0 Å². The van der Waals surface area contributed by atoms with Crippen LogP contribution in [0.5, 0.6) is 0 Å². The first-order valence-corrected chi connectivity index (χ1v) is 12.4. The van der Waals surface area contributed by atoms with Crippen molar-refractivity contribution in [2.45, 2.75) is 0 Å². The summed E-state index contributed by atoms with van der Waals surface area (Å²) in [4.78, 5) is 0. The molecule has 6 heavy (non-hydrogen) atoms. The van der Waals surface area contributed by atoms with Crippen LogP contribution in [0, 0.1) is 0 Å². The minimum atomic E-state index is -1.82. The van der Waals surface area contributed by atoms with E-state index in [1.54, 1.807) is 0 Å². The van der Waals surface area contributed by atoms with Gasteiger partial charge >= 0.3 is 50.2 Å². The van der Waals surface area contributed by atoms with Crippen molar-refractivity contribution in [3.05, 3.63) is 20.4 Å². The third-order valence-electron chi connectivity index (χ3n) is 0.450. The van der Waals surface area contributed by atoms with Crippen LogP contribution in [-0.2, 0) is 0 Å². The van der Waals surface area contributed by atoms with Crippen LogP contribution < -0.4 is 0 Å². The Morgan fingerprint density at radius 1 is 1.33 bits per heavy atom. The van der Waals surface area contributed by atoms with Gasteiger partial charge in [-0.05, 0) is 0 Å². The molecule has 0 rings (SSSR count). The van der Waals surface area contributed by atoms with Crippen molar-refractivity contribution >= 4 is 29.8 Å². The van der Waals surface area contributed by atoms with E-state index in [-0.39, 0.29) is 0 Å². The molecule has 0 aromatic heterocycles. The van der Waals surface area contributed by atoms with Gasteiger partial charge in [-0.2, -0.15) is 0 Å². The normalized spacial score (nSPS) is 6.83. The maximum atomic E-state index is 5.64. The van der Waals surface area contributed by atoms with Crippen molar-refractivity contribution < 1.29 is 0 Å². The second-order valence-corrected chi connectivity index (χ2v) is 12.5. The SMILES string of the molecule is C=[CH][Tl]([Cl])[CH]=C. The minimum absolute atomic E-state index is 1.82. The van der Waals surface area contributed by atoms with Gasteiger partial charge in [0.25, 0.3) is 0 Å². The zero-order chi connectivity index (χ0) is 4.99. The van der Waals surface area contributed by atoms with Gasteiger partial charge in [0.05, 0.1) is 0 Å². The summed E-state index contributed by atoms with van der Waals surface area (Å²) in [5.74, 6) is 0. The van der Waals surface area contributed by atoms with Gasteiger partial charge in [-0.25, -0.2) is 0 Å². The summed E-state index contributed by atoms with van der Waals surface area (Å²) in [6, 6.07) is 0. The molecule has 0 unspecified atom stereocenters. The number of halogens is 1. The van der Waals surface area contributed by atoms with E-state index in [1.807, 2.05) is 7.27 Å². The van der Waals surface area contributed by atoms with E-state index in [0.29, 0.717) is 0 Å². The van der Waals surface area contributed by atoms with E-state index in [1.165, 1.54) is 0 Å². The van der Waals surface area contributed by atoms with Crippen LogP contribution >= 0.6 is 8.32 Å². The number of hydrogen-bond donors (Lipinski definition) is 0. The second-order valence-electron chi connectivity index (χ2n) is 0.916. The van der Waals surface area contributed by atoms with Crippen LogP contribution in [0.3, 0.4) is 0 Å². The van der Waals surface area contributed by atoms with Gasteiger partial charge < -0.3 is 0 Å². The summed E-state index contributed by atoms with van der Waals surface area (Å²) >= 11 is -1.82. The van der Waals surface area contributed by atoms with Gasteiger partial charge in [-0.15, -0.1) is 0 Å². The molecule has 0 aliphatic carbocycles. The molecule has 0 N–H and O–H groups in total. The summed E-state index contributed by atoms with van der Waals surface area (Å²) in [7, 11) is 5.64. The molecule has 0 spiro atoms. The number of rotatable bonds is 2. The Balaban J connectivity index is 3.21. The summed E-state index contributed by atoms with van der Waals surface area (Å²) < 4.78 is 3.68. The Morgan fingerprint density at radius 2 is 1.67 bits per heavy atom. The zero-order valence-corrected chi connectivity index (χ0v) is 8.77. The van der Waals surface area contributed by atoms with Crippen LogP contribution in [0.1, 0.15) is 0 Å². The maximum absolute atomic E-state index is 5.64. The van der Waals surface area contributed by atoms with Crippen LogP contribution in [0.4, 0.5) is 0 Å². The van der Waals surface area contributed by atoms with E-state index < -0.39 is 21.5 Å². The molecule has 32 valence electrons. The molecule has 0 amide bonds. The molecule has 0 atom stereocenters. The van der Waals surface area contributed by atoms with Gasteiger partial charge in [0.1, 0.15) is 0 Å². The van der Waals surface area contributed by atoms with E-state index in [0.717, 1.165) is 0 Å². The first kappa shape index (κ1) is 6.69. The molecule has 0 bridgehead atoms. The summed E-state index contributed by atoms with van der Waals surface area (Å²) in [5.41, 5.74) is 0. The Bertz CT molecular complexity index is 52.6. The molecule has 0 aliphatic heterocycles. The van der Waals surface area contributed by atoms with Crippen molar-refractivity contribution in [1.29, 1.82) is 0 Å².